The molecule has 1 aliphatic carbocycles. The van der Waals surface area contributed by atoms with Gasteiger partial charge in [0.15, 0.2) is 0 Å². The van der Waals surface area contributed by atoms with Gasteiger partial charge in [0.2, 0.25) is 5.91 Å². The number of piperidine rings is 1. The predicted molar refractivity (Wildman–Crippen MR) is 115 cm³/mol. The summed E-state index contributed by atoms with van der Waals surface area (Å²) in [5, 5.41) is 0. The van der Waals surface area contributed by atoms with E-state index < -0.39 is 0 Å². The average Bonchev–Trinajstić information content (AvgIpc) is 3.07. The summed E-state index contributed by atoms with van der Waals surface area (Å²) >= 11 is 0. The van der Waals surface area contributed by atoms with E-state index in [-0.39, 0.29) is 41.4 Å². The molecule has 2 aliphatic heterocycles. The van der Waals surface area contributed by atoms with Gasteiger partial charge in [-0.3, -0.25) is 14.6 Å². The van der Waals surface area contributed by atoms with Crippen molar-refractivity contribution in [3.63, 3.8) is 0 Å². The number of carbonyl (C=O) groups is 2. The summed E-state index contributed by atoms with van der Waals surface area (Å²) in [6.07, 6.45) is 8.21. The number of hydrogen-bond donors (Lipinski definition) is 0. The van der Waals surface area contributed by atoms with Crippen LogP contribution in [0.1, 0.15) is 55.5 Å². The molecule has 2 amide bonds. The van der Waals surface area contributed by atoms with Crippen molar-refractivity contribution < 1.29 is 9.59 Å². The topological polar surface area (TPSA) is 53.5 Å². The molecule has 1 saturated carbocycles. The predicted octanol–water partition coefficient (Wildman–Crippen LogP) is 3.70. The first-order chi connectivity index (χ1) is 14.5. The zero-order chi connectivity index (χ0) is 20.9. The fourth-order valence-corrected chi connectivity index (χ4v) is 6.56. The number of aromatic nitrogens is 1. The van der Waals surface area contributed by atoms with Crippen LogP contribution in [0.25, 0.3) is 0 Å². The van der Waals surface area contributed by atoms with Gasteiger partial charge in [0.25, 0.3) is 5.91 Å². The Morgan fingerprint density at radius 3 is 2.47 bits per heavy atom. The van der Waals surface area contributed by atoms with Gasteiger partial charge in [-0.05, 0) is 49.8 Å². The van der Waals surface area contributed by atoms with E-state index in [4.69, 9.17) is 0 Å². The lowest BCUT2D eigenvalue weighted by molar-refractivity contribution is -0.142. The number of hydrogen-bond acceptors (Lipinski definition) is 3. The highest BCUT2D eigenvalue weighted by molar-refractivity contribution is 5.95. The molecule has 2 bridgehead atoms. The Hall–Kier alpha value is -2.69. The largest absolute Gasteiger partial charge is 0.334 e. The van der Waals surface area contributed by atoms with Crippen molar-refractivity contribution in [2.75, 3.05) is 0 Å². The first-order valence-corrected chi connectivity index (χ1v) is 11.1. The lowest BCUT2D eigenvalue weighted by Gasteiger charge is -2.52. The Bertz CT molecular complexity index is 947. The van der Waals surface area contributed by atoms with E-state index in [0.29, 0.717) is 5.56 Å². The molecule has 156 valence electrons. The van der Waals surface area contributed by atoms with Crippen LogP contribution in [-0.2, 0) is 11.2 Å². The summed E-state index contributed by atoms with van der Waals surface area (Å²) in [6, 6.07) is 14.5. The summed E-state index contributed by atoms with van der Waals surface area (Å²) in [5.74, 6) is 0.194. The molecule has 2 aromatic rings. The van der Waals surface area contributed by atoms with Gasteiger partial charge in [-0.15, -0.1) is 0 Å². The highest BCUT2D eigenvalue weighted by Crippen LogP contribution is 2.56. The second-order valence-corrected chi connectivity index (χ2v) is 9.38. The number of nitrogens with zero attached hydrogens (tertiary/aromatic N) is 3. The lowest BCUT2D eigenvalue weighted by atomic mass is 9.64. The minimum absolute atomic E-state index is 0.00620. The molecule has 0 radical (unpaired) electrons. The number of benzene rings is 1. The Labute approximate surface area is 178 Å². The molecule has 3 aliphatic rings. The van der Waals surface area contributed by atoms with Crippen molar-refractivity contribution in [1.29, 1.82) is 0 Å². The van der Waals surface area contributed by atoms with Crippen molar-refractivity contribution >= 4 is 11.8 Å². The van der Waals surface area contributed by atoms with Crippen LogP contribution in [0.3, 0.4) is 0 Å². The van der Waals surface area contributed by atoms with Crippen molar-refractivity contribution in [3.8, 4) is 0 Å². The first-order valence-electron chi connectivity index (χ1n) is 11.1. The molecule has 5 heteroatoms. The minimum Gasteiger partial charge on any atom is -0.334 e. The molecule has 3 heterocycles. The smallest absolute Gasteiger partial charge is 0.256 e. The standard InChI is InChI=1S/C25H29N3O2/c1-17(29)27-20(14-18-8-4-3-5-9-18)21-15-25(2)22(27)11-6-12-23(25)28(21)24(30)19-10-7-13-26-16-19/h3-5,7-10,13,16,20-23H,6,11-12,14-15H2,1-2H3/t20-,21-,22+,23-,25+/m0/s1. The fraction of sp³-hybridized carbons (Fsp3) is 0.480. The first kappa shape index (κ1) is 19.3. The summed E-state index contributed by atoms with van der Waals surface area (Å²) < 4.78 is 0. The van der Waals surface area contributed by atoms with E-state index in [1.54, 1.807) is 19.3 Å². The molecule has 0 spiro atoms. The molecule has 2 saturated heterocycles. The Morgan fingerprint density at radius 2 is 1.80 bits per heavy atom. The fourth-order valence-electron chi connectivity index (χ4n) is 6.56. The van der Waals surface area contributed by atoms with E-state index >= 15 is 0 Å². The third-order valence-electron chi connectivity index (χ3n) is 7.75. The van der Waals surface area contributed by atoms with Crippen LogP contribution in [0, 0.1) is 5.41 Å². The highest BCUT2D eigenvalue weighted by atomic mass is 16.2. The third-order valence-corrected chi connectivity index (χ3v) is 7.75. The summed E-state index contributed by atoms with van der Waals surface area (Å²) in [6.45, 7) is 4.00. The minimum atomic E-state index is -0.0420. The van der Waals surface area contributed by atoms with Gasteiger partial charge in [-0.1, -0.05) is 37.3 Å². The van der Waals surface area contributed by atoms with Gasteiger partial charge in [0.1, 0.15) is 0 Å². The maximum Gasteiger partial charge on any atom is 0.256 e. The van der Waals surface area contributed by atoms with E-state index in [0.717, 1.165) is 32.1 Å². The second-order valence-electron chi connectivity index (χ2n) is 9.38. The normalized spacial score (nSPS) is 32.2. The van der Waals surface area contributed by atoms with Crippen LogP contribution >= 0.6 is 0 Å². The Kier molecular flexibility index (Phi) is 4.64. The molecular weight excluding hydrogens is 374 g/mol. The summed E-state index contributed by atoms with van der Waals surface area (Å²) in [5.41, 5.74) is 1.82. The molecule has 5 atom stereocenters. The van der Waals surface area contributed by atoms with Crippen LogP contribution < -0.4 is 0 Å². The maximum atomic E-state index is 13.7. The quantitative estimate of drug-likeness (QED) is 0.785. The van der Waals surface area contributed by atoms with Crippen molar-refractivity contribution in [2.45, 2.75) is 70.1 Å². The van der Waals surface area contributed by atoms with E-state index in [1.165, 1.54) is 5.56 Å². The van der Waals surface area contributed by atoms with Crippen LogP contribution in [0.2, 0.25) is 0 Å². The van der Waals surface area contributed by atoms with Crippen molar-refractivity contribution in [3.05, 3.63) is 66.0 Å². The van der Waals surface area contributed by atoms with Crippen LogP contribution in [0.4, 0.5) is 0 Å². The van der Waals surface area contributed by atoms with Gasteiger partial charge >= 0.3 is 0 Å². The van der Waals surface area contributed by atoms with Crippen LogP contribution in [0.5, 0.6) is 0 Å². The Morgan fingerprint density at radius 1 is 1.07 bits per heavy atom. The summed E-state index contributed by atoms with van der Waals surface area (Å²) in [7, 11) is 0. The zero-order valence-corrected chi connectivity index (χ0v) is 17.7. The van der Waals surface area contributed by atoms with Gasteiger partial charge < -0.3 is 9.80 Å². The number of likely N-dealkylation sites (tertiary alicyclic amines) is 2. The molecule has 3 fully saturated rings. The van der Waals surface area contributed by atoms with Gasteiger partial charge in [-0.2, -0.15) is 0 Å². The van der Waals surface area contributed by atoms with E-state index in [9.17, 15) is 9.59 Å². The van der Waals surface area contributed by atoms with E-state index in [1.807, 2.05) is 30.3 Å². The monoisotopic (exact) mass is 403 g/mol. The van der Waals surface area contributed by atoms with Gasteiger partial charge in [0, 0.05) is 36.8 Å². The van der Waals surface area contributed by atoms with Crippen LogP contribution in [-0.4, -0.2) is 50.8 Å². The van der Waals surface area contributed by atoms with Crippen molar-refractivity contribution in [1.82, 2.24) is 14.8 Å². The number of carbonyl (C=O) groups excluding carboxylic acids is 2. The number of amides is 2. The van der Waals surface area contributed by atoms with Crippen LogP contribution in [0.15, 0.2) is 54.9 Å². The highest BCUT2D eigenvalue weighted by Gasteiger charge is 2.64. The zero-order valence-electron chi connectivity index (χ0n) is 17.7. The molecule has 5 nitrogen and oxygen atoms in total. The second kappa shape index (κ2) is 7.22. The number of fused-ring (bicyclic) bond motifs is 1. The molecular formula is C25H29N3O2. The van der Waals surface area contributed by atoms with Gasteiger partial charge in [-0.25, -0.2) is 0 Å². The molecule has 5 rings (SSSR count). The van der Waals surface area contributed by atoms with Crippen molar-refractivity contribution in [2.24, 2.45) is 5.41 Å². The van der Waals surface area contributed by atoms with E-state index in [2.05, 4.69) is 33.8 Å². The third kappa shape index (κ3) is 2.86. The number of rotatable bonds is 3. The lowest BCUT2D eigenvalue weighted by Crippen LogP contribution is -2.62. The SMILES string of the molecule is CC(=O)N1[C@@H](Cc2ccccc2)[C@@H]2C[C@@]3(C)[C@H](CCC[C@@H]13)N2C(=O)c1cccnc1. The maximum absolute atomic E-state index is 13.7. The average molecular weight is 404 g/mol. The molecule has 1 aromatic heterocycles. The molecule has 0 N–H and O–H groups in total. The Balaban J connectivity index is 1.59. The number of pyridine rings is 1. The summed E-state index contributed by atoms with van der Waals surface area (Å²) in [4.78, 5) is 35.1. The molecule has 30 heavy (non-hydrogen) atoms. The van der Waals surface area contributed by atoms with Gasteiger partial charge in [0.05, 0.1) is 17.6 Å². The molecule has 0 unspecified atom stereocenters. The molecule has 1 aromatic carbocycles.